The SMILES string of the molecule is CC(C)(C)OCC(=O)N(CCCl)C1CCCC1. The zero-order chi connectivity index (χ0) is 12.9. The smallest absolute Gasteiger partial charge is 0.248 e. The average Bonchev–Trinajstić information content (AvgIpc) is 2.74. The second-order valence-electron chi connectivity index (χ2n) is 5.62. The lowest BCUT2D eigenvalue weighted by Gasteiger charge is -2.29. The summed E-state index contributed by atoms with van der Waals surface area (Å²) in [7, 11) is 0. The molecule has 0 heterocycles. The normalized spacial score (nSPS) is 17.4. The number of carbonyl (C=O) groups is 1. The highest BCUT2D eigenvalue weighted by Crippen LogP contribution is 2.23. The summed E-state index contributed by atoms with van der Waals surface area (Å²) in [5.74, 6) is 0.574. The summed E-state index contributed by atoms with van der Waals surface area (Å²) >= 11 is 5.77. The lowest BCUT2D eigenvalue weighted by atomic mass is 10.2. The fourth-order valence-corrected chi connectivity index (χ4v) is 2.36. The van der Waals surface area contributed by atoms with E-state index in [9.17, 15) is 4.79 Å². The molecule has 1 saturated carbocycles. The van der Waals surface area contributed by atoms with Crippen LogP contribution in [0.15, 0.2) is 0 Å². The second kappa shape index (κ2) is 6.60. The fourth-order valence-electron chi connectivity index (χ4n) is 2.18. The molecular weight excluding hydrogens is 238 g/mol. The predicted molar refractivity (Wildman–Crippen MR) is 70.4 cm³/mol. The van der Waals surface area contributed by atoms with E-state index in [4.69, 9.17) is 16.3 Å². The number of amides is 1. The summed E-state index contributed by atoms with van der Waals surface area (Å²) in [6, 6.07) is 0.379. The molecule has 1 aliphatic carbocycles. The van der Waals surface area contributed by atoms with E-state index in [1.165, 1.54) is 12.8 Å². The summed E-state index contributed by atoms with van der Waals surface area (Å²) in [6.07, 6.45) is 4.66. The van der Waals surface area contributed by atoms with E-state index in [1.54, 1.807) is 0 Å². The second-order valence-corrected chi connectivity index (χ2v) is 5.99. The Bertz CT molecular complexity index is 244. The fraction of sp³-hybridized carbons (Fsp3) is 0.923. The van der Waals surface area contributed by atoms with Gasteiger partial charge in [-0.1, -0.05) is 12.8 Å². The minimum absolute atomic E-state index is 0.0764. The van der Waals surface area contributed by atoms with Crippen molar-refractivity contribution in [2.75, 3.05) is 19.0 Å². The molecule has 0 saturated heterocycles. The first-order chi connectivity index (χ1) is 7.94. The molecule has 0 radical (unpaired) electrons. The Kier molecular flexibility index (Phi) is 5.74. The monoisotopic (exact) mass is 261 g/mol. The molecule has 0 atom stereocenters. The summed E-state index contributed by atoms with van der Waals surface area (Å²) in [6.45, 7) is 6.68. The predicted octanol–water partition coefficient (Wildman–Crippen LogP) is 2.81. The minimum atomic E-state index is -0.266. The number of ether oxygens (including phenoxy) is 1. The van der Waals surface area contributed by atoms with Crippen molar-refractivity contribution in [1.82, 2.24) is 4.90 Å². The third kappa shape index (κ3) is 5.26. The molecular formula is C13H24ClNO2. The molecule has 100 valence electrons. The van der Waals surface area contributed by atoms with Gasteiger partial charge in [-0.2, -0.15) is 0 Å². The van der Waals surface area contributed by atoms with Gasteiger partial charge >= 0.3 is 0 Å². The Hall–Kier alpha value is -0.280. The van der Waals surface area contributed by atoms with Gasteiger partial charge < -0.3 is 9.64 Å². The lowest BCUT2D eigenvalue weighted by molar-refractivity contribution is -0.143. The molecule has 0 aromatic carbocycles. The number of hydrogen-bond donors (Lipinski definition) is 0. The molecule has 1 aliphatic rings. The maximum Gasteiger partial charge on any atom is 0.248 e. The molecule has 0 bridgehead atoms. The van der Waals surface area contributed by atoms with Crippen LogP contribution in [0.3, 0.4) is 0 Å². The first-order valence-corrected chi connectivity index (χ1v) is 6.97. The topological polar surface area (TPSA) is 29.5 Å². The molecule has 3 nitrogen and oxygen atoms in total. The summed E-state index contributed by atoms with van der Waals surface area (Å²) < 4.78 is 5.54. The number of alkyl halides is 1. The minimum Gasteiger partial charge on any atom is -0.366 e. The molecule has 17 heavy (non-hydrogen) atoms. The first-order valence-electron chi connectivity index (χ1n) is 6.43. The van der Waals surface area contributed by atoms with E-state index >= 15 is 0 Å². The van der Waals surface area contributed by atoms with Gasteiger partial charge in [-0.25, -0.2) is 0 Å². The Morgan fingerprint density at radius 2 is 1.94 bits per heavy atom. The van der Waals surface area contributed by atoms with E-state index in [2.05, 4.69) is 0 Å². The van der Waals surface area contributed by atoms with Crippen molar-refractivity contribution in [3.63, 3.8) is 0 Å². The third-order valence-corrected chi connectivity index (χ3v) is 3.21. The molecule has 1 amide bonds. The van der Waals surface area contributed by atoms with Gasteiger partial charge in [0.25, 0.3) is 0 Å². The third-order valence-electron chi connectivity index (χ3n) is 3.04. The number of halogens is 1. The Labute approximate surface area is 109 Å². The van der Waals surface area contributed by atoms with Crippen LogP contribution in [0.1, 0.15) is 46.5 Å². The molecule has 0 aliphatic heterocycles. The Balaban J connectivity index is 2.48. The van der Waals surface area contributed by atoms with Gasteiger partial charge in [-0.05, 0) is 33.6 Å². The molecule has 4 heteroatoms. The summed E-state index contributed by atoms with van der Waals surface area (Å²) in [5, 5.41) is 0. The van der Waals surface area contributed by atoms with Gasteiger partial charge in [-0.3, -0.25) is 4.79 Å². The van der Waals surface area contributed by atoms with Gasteiger partial charge in [0.05, 0.1) is 5.60 Å². The molecule has 0 aromatic heterocycles. The van der Waals surface area contributed by atoms with Gasteiger partial charge in [0.1, 0.15) is 6.61 Å². The Morgan fingerprint density at radius 1 is 1.35 bits per heavy atom. The quantitative estimate of drug-likeness (QED) is 0.713. The van der Waals surface area contributed by atoms with Crippen molar-refractivity contribution in [2.45, 2.75) is 58.1 Å². The molecule has 0 spiro atoms. The lowest BCUT2D eigenvalue weighted by Crippen LogP contribution is -2.43. The van der Waals surface area contributed by atoms with E-state index in [-0.39, 0.29) is 18.1 Å². The highest BCUT2D eigenvalue weighted by Gasteiger charge is 2.26. The van der Waals surface area contributed by atoms with Crippen molar-refractivity contribution in [3.8, 4) is 0 Å². The van der Waals surface area contributed by atoms with Gasteiger partial charge in [-0.15, -0.1) is 11.6 Å². The zero-order valence-electron chi connectivity index (χ0n) is 11.2. The van der Waals surface area contributed by atoms with Crippen LogP contribution in [-0.4, -0.2) is 41.5 Å². The van der Waals surface area contributed by atoms with E-state index in [1.807, 2.05) is 25.7 Å². The van der Waals surface area contributed by atoms with Crippen LogP contribution < -0.4 is 0 Å². The Morgan fingerprint density at radius 3 is 2.41 bits per heavy atom. The van der Waals surface area contributed by atoms with E-state index in [0.29, 0.717) is 18.5 Å². The van der Waals surface area contributed by atoms with Crippen molar-refractivity contribution < 1.29 is 9.53 Å². The highest BCUT2D eigenvalue weighted by molar-refractivity contribution is 6.18. The number of carbonyl (C=O) groups excluding carboxylic acids is 1. The van der Waals surface area contributed by atoms with Crippen LogP contribution in [0.4, 0.5) is 0 Å². The van der Waals surface area contributed by atoms with Crippen LogP contribution in [-0.2, 0) is 9.53 Å². The van der Waals surface area contributed by atoms with E-state index < -0.39 is 0 Å². The molecule has 0 unspecified atom stereocenters. The standard InChI is InChI=1S/C13H24ClNO2/c1-13(2,3)17-10-12(16)15(9-8-14)11-6-4-5-7-11/h11H,4-10H2,1-3H3. The first kappa shape index (κ1) is 14.8. The van der Waals surface area contributed by atoms with Gasteiger partial charge in [0.15, 0.2) is 0 Å². The highest BCUT2D eigenvalue weighted by atomic mass is 35.5. The van der Waals surface area contributed by atoms with Crippen molar-refractivity contribution >= 4 is 17.5 Å². The zero-order valence-corrected chi connectivity index (χ0v) is 11.9. The number of hydrogen-bond acceptors (Lipinski definition) is 2. The average molecular weight is 262 g/mol. The van der Waals surface area contributed by atoms with Crippen molar-refractivity contribution in [2.24, 2.45) is 0 Å². The number of nitrogens with zero attached hydrogens (tertiary/aromatic N) is 1. The van der Waals surface area contributed by atoms with Crippen molar-refractivity contribution in [1.29, 1.82) is 0 Å². The molecule has 1 rings (SSSR count). The molecule has 1 fully saturated rings. The maximum absolute atomic E-state index is 12.1. The number of rotatable bonds is 5. The van der Waals surface area contributed by atoms with Gasteiger partial charge in [0.2, 0.25) is 5.91 Å². The molecule has 0 N–H and O–H groups in total. The van der Waals surface area contributed by atoms with Crippen LogP contribution in [0.5, 0.6) is 0 Å². The van der Waals surface area contributed by atoms with E-state index in [0.717, 1.165) is 12.8 Å². The van der Waals surface area contributed by atoms with Crippen LogP contribution in [0.25, 0.3) is 0 Å². The largest absolute Gasteiger partial charge is 0.366 e. The molecule has 0 aromatic rings. The van der Waals surface area contributed by atoms with Crippen LogP contribution in [0.2, 0.25) is 0 Å². The van der Waals surface area contributed by atoms with Crippen LogP contribution >= 0.6 is 11.6 Å². The van der Waals surface area contributed by atoms with Gasteiger partial charge in [0, 0.05) is 18.5 Å². The van der Waals surface area contributed by atoms with Crippen LogP contribution in [0, 0.1) is 0 Å². The van der Waals surface area contributed by atoms with Crippen molar-refractivity contribution in [3.05, 3.63) is 0 Å². The summed E-state index contributed by atoms with van der Waals surface area (Å²) in [4.78, 5) is 14.0. The summed E-state index contributed by atoms with van der Waals surface area (Å²) in [5.41, 5.74) is -0.266. The maximum atomic E-state index is 12.1.